The molecule has 1 atom stereocenters. The fourth-order valence-electron chi connectivity index (χ4n) is 1.46. The van der Waals surface area contributed by atoms with Gasteiger partial charge in [-0.3, -0.25) is 0 Å². The summed E-state index contributed by atoms with van der Waals surface area (Å²) in [6.45, 7) is 3.69. The number of hydrogen-bond donors (Lipinski definition) is 1. The van der Waals surface area contributed by atoms with Crippen LogP contribution in [-0.2, 0) is 20.0 Å². The lowest BCUT2D eigenvalue weighted by atomic mass is 10.3. The van der Waals surface area contributed by atoms with Crippen LogP contribution in [0.15, 0.2) is 34.1 Å². The van der Waals surface area contributed by atoms with Crippen LogP contribution >= 0.6 is 0 Å². The predicted octanol–water partition coefficient (Wildman–Crippen LogP) is 0.753. The summed E-state index contributed by atoms with van der Waals surface area (Å²) in [5, 5.41) is 4.96. The van der Waals surface area contributed by atoms with Crippen LogP contribution in [0.4, 0.5) is 0 Å². The van der Waals surface area contributed by atoms with E-state index >= 15 is 0 Å². The molecular formula is C11H18N2O4S2. The Morgan fingerprint density at radius 3 is 1.89 bits per heavy atom. The number of rotatable bonds is 5. The summed E-state index contributed by atoms with van der Waals surface area (Å²) in [5.74, 6) is 0. The molecule has 0 saturated heterocycles. The van der Waals surface area contributed by atoms with E-state index in [9.17, 15) is 16.8 Å². The van der Waals surface area contributed by atoms with Gasteiger partial charge in [0.25, 0.3) is 0 Å². The number of nitrogens with two attached hydrogens (primary N) is 1. The number of primary sulfonamides is 1. The predicted molar refractivity (Wildman–Crippen MR) is 72.5 cm³/mol. The van der Waals surface area contributed by atoms with Gasteiger partial charge in [0.1, 0.15) is 0 Å². The van der Waals surface area contributed by atoms with E-state index in [1.54, 1.807) is 6.92 Å². The molecule has 0 aliphatic rings. The molecule has 0 fully saturated rings. The zero-order chi connectivity index (χ0) is 14.8. The summed E-state index contributed by atoms with van der Waals surface area (Å²) in [6, 6.07) is 4.73. The first-order valence-electron chi connectivity index (χ1n) is 5.71. The van der Waals surface area contributed by atoms with Gasteiger partial charge < -0.3 is 0 Å². The minimum Gasteiger partial charge on any atom is -0.225 e. The van der Waals surface area contributed by atoms with Crippen LogP contribution in [0.2, 0.25) is 0 Å². The van der Waals surface area contributed by atoms with Crippen molar-refractivity contribution in [2.45, 2.75) is 36.1 Å². The van der Waals surface area contributed by atoms with E-state index in [4.69, 9.17) is 5.14 Å². The second kappa shape index (κ2) is 5.58. The first kappa shape index (κ1) is 16.1. The SMILES string of the molecule is CCC(C)N(C)S(=O)(=O)c1ccc(S(N)(=O)=O)cc1. The number of hydrogen-bond acceptors (Lipinski definition) is 4. The number of sulfonamides is 2. The van der Waals surface area contributed by atoms with Crippen LogP contribution in [0.1, 0.15) is 20.3 Å². The van der Waals surface area contributed by atoms with Gasteiger partial charge in [0.15, 0.2) is 0 Å². The summed E-state index contributed by atoms with van der Waals surface area (Å²) in [7, 11) is -5.93. The average Bonchev–Trinajstić information content (AvgIpc) is 2.36. The van der Waals surface area contributed by atoms with Crippen LogP contribution in [0, 0.1) is 0 Å². The molecule has 8 heteroatoms. The highest BCUT2D eigenvalue weighted by atomic mass is 32.2. The van der Waals surface area contributed by atoms with E-state index < -0.39 is 20.0 Å². The topological polar surface area (TPSA) is 97.5 Å². The molecule has 1 aromatic carbocycles. The quantitative estimate of drug-likeness (QED) is 0.868. The summed E-state index contributed by atoms with van der Waals surface area (Å²) in [6.07, 6.45) is 0.686. The van der Waals surface area contributed by atoms with E-state index in [1.807, 2.05) is 6.92 Å². The molecule has 0 spiro atoms. The first-order chi connectivity index (χ1) is 8.60. The van der Waals surface area contributed by atoms with Gasteiger partial charge in [-0.05, 0) is 37.6 Å². The van der Waals surface area contributed by atoms with Crippen LogP contribution in [0.5, 0.6) is 0 Å². The normalized spacial score (nSPS) is 14.6. The average molecular weight is 306 g/mol. The Morgan fingerprint density at radius 1 is 1.11 bits per heavy atom. The lowest BCUT2D eigenvalue weighted by Crippen LogP contribution is -2.34. The minimum atomic E-state index is -3.81. The third-order valence-electron chi connectivity index (χ3n) is 3.04. The van der Waals surface area contributed by atoms with Crippen molar-refractivity contribution in [3.05, 3.63) is 24.3 Å². The molecule has 0 bridgehead atoms. The molecule has 1 unspecified atom stereocenters. The number of benzene rings is 1. The molecule has 2 N–H and O–H groups in total. The van der Waals surface area contributed by atoms with E-state index in [0.29, 0.717) is 6.42 Å². The maximum Gasteiger partial charge on any atom is 0.243 e. The summed E-state index contributed by atoms with van der Waals surface area (Å²) in [4.78, 5) is -0.0691. The van der Waals surface area contributed by atoms with Crippen molar-refractivity contribution in [2.75, 3.05) is 7.05 Å². The highest BCUT2D eigenvalue weighted by molar-refractivity contribution is 7.89. The maximum atomic E-state index is 12.2. The smallest absolute Gasteiger partial charge is 0.225 e. The van der Waals surface area contributed by atoms with Gasteiger partial charge >= 0.3 is 0 Å². The standard InChI is InChI=1S/C11H18N2O4S2/c1-4-9(2)13(3)19(16,17)11-7-5-10(6-8-11)18(12,14)15/h5-9H,4H2,1-3H3,(H2,12,14,15). The van der Waals surface area contributed by atoms with Crippen LogP contribution < -0.4 is 5.14 Å². The Kier molecular flexibility index (Phi) is 4.72. The molecule has 1 aromatic rings. The number of nitrogens with zero attached hydrogens (tertiary/aromatic N) is 1. The third kappa shape index (κ3) is 3.53. The highest BCUT2D eigenvalue weighted by Gasteiger charge is 2.24. The Labute approximate surface area is 114 Å². The third-order valence-corrected chi connectivity index (χ3v) is 5.96. The summed E-state index contributed by atoms with van der Waals surface area (Å²) in [5.41, 5.74) is 0. The molecule has 0 radical (unpaired) electrons. The zero-order valence-electron chi connectivity index (χ0n) is 11.1. The molecule has 19 heavy (non-hydrogen) atoms. The van der Waals surface area contributed by atoms with Gasteiger partial charge in [-0.15, -0.1) is 0 Å². The fraction of sp³-hybridized carbons (Fsp3) is 0.455. The fourth-order valence-corrected chi connectivity index (χ4v) is 3.41. The second-order valence-electron chi connectivity index (χ2n) is 4.29. The van der Waals surface area contributed by atoms with E-state index in [-0.39, 0.29) is 15.8 Å². The molecule has 1 rings (SSSR count). The van der Waals surface area contributed by atoms with Crippen LogP contribution in [-0.4, -0.2) is 34.2 Å². The first-order valence-corrected chi connectivity index (χ1v) is 8.70. The van der Waals surface area contributed by atoms with Gasteiger partial charge in [-0.25, -0.2) is 22.0 Å². The van der Waals surface area contributed by atoms with Gasteiger partial charge in [-0.1, -0.05) is 6.92 Å². The minimum absolute atomic E-state index is 0.0442. The van der Waals surface area contributed by atoms with Crippen molar-refractivity contribution in [2.24, 2.45) is 5.14 Å². The van der Waals surface area contributed by atoms with E-state index in [0.717, 1.165) is 0 Å². The molecule has 0 aromatic heterocycles. The largest absolute Gasteiger partial charge is 0.243 e. The van der Waals surface area contributed by atoms with E-state index in [2.05, 4.69) is 0 Å². The van der Waals surface area contributed by atoms with Gasteiger partial charge in [0.2, 0.25) is 20.0 Å². The lowest BCUT2D eigenvalue weighted by molar-refractivity contribution is 0.380. The Bertz CT molecular complexity index is 636. The maximum absolute atomic E-state index is 12.2. The van der Waals surface area contributed by atoms with Crippen molar-refractivity contribution in [1.82, 2.24) is 4.31 Å². The lowest BCUT2D eigenvalue weighted by Gasteiger charge is -2.23. The Hall–Kier alpha value is -0.960. The molecule has 0 aliphatic heterocycles. The molecule has 108 valence electrons. The van der Waals surface area contributed by atoms with Crippen molar-refractivity contribution in [3.8, 4) is 0 Å². The molecular weight excluding hydrogens is 288 g/mol. The molecule has 0 heterocycles. The van der Waals surface area contributed by atoms with Crippen molar-refractivity contribution in [1.29, 1.82) is 0 Å². The van der Waals surface area contributed by atoms with E-state index in [1.165, 1.54) is 35.6 Å². The Morgan fingerprint density at radius 2 is 1.53 bits per heavy atom. The molecule has 0 saturated carbocycles. The molecule has 0 aliphatic carbocycles. The summed E-state index contributed by atoms with van der Waals surface area (Å²) < 4.78 is 47.9. The van der Waals surface area contributed by atoms with Crippen LogP contribution in [0.3, 0.4) is 0 Å². The Balaban J connectivity index is 3.18. The monoisotopic (exact) mass is 306 g/mol. The second-order valence-corrected chi connectivity index (χ2v) is 7.85. The van der Waals surface area contributed by atoms with Crippen molar-refractivity contribution < 1.29 is 16.8 Å². The molecule has 6 nitrogen and oxygen atoms in total. The van der Waals surface area contributed by atoms with Crippen molar-refractivity contribution in [3.63, 3.8) is 0 Å². The van der Waals surface area contributed by atoms with Crippen LogP contribution in [0.25, 0.3) is 0 Å². The van der Waals surface area contributed by atoms with Gasteiger partial charge in [-0.2, -0.15) is 4.31 Å². The van der Waals surface area contributed by atoms with Crippen molar-refractivity contribution >= 4 is 20.0 Å². The summed E-state index contributed by atoms with van der Waals surface area (Å²) >= 11 is 0. The molecule has 0 amide bonds. The zero-order valence-corrected chi connectivity index (χ0v) is 12.7. The van der Waals surface area contributed by atoms with Gasteiger partial charge in [0.05, 0.1) is 9.79 Å². The van der Waals surface area contributed by atoms with Gasteiger partial charge in [0, 0.05) is 13.1 Å². The highest BCUT2D eigenvalue weighted by Crippen LogP contribution is 2.19.